The molecule has 0 amide bonds. The van der Waals surface area contributed by atoms with Crippen LogP contribution in [0.1, 0.15) is 27.2 Å². The highest BCUT2D eigenvalue weighted by molar-refractivity contribution is 4.68. The first kappa shape index (κ1) is 9.16. The summed E-state index contributed by atoms with van der Waals surface area (Å²) in [4.78, 5) is 9.99. The van der Waals surface area contributed by atoms with Crippen LogP contribution in [0.4, 0.5) is 0 Å². The average molecular weight is 148 g/mol. The fraction of sp³-hybridized carbons (Fsp3) is 1.00. The van der Waals surface area contributed by atoms with E-state index in [1.165, 1.54) is 0 Å². The van der Waals surface area contributed by atoms with Gasteiger partial charge in [-0.2, -0.15) is 0 Å². The van der Waals surface area contributed by atoms with Crippen LogP contribution in [0, 0.1) is 10.1 Å². The minimum absolute atomic E-state index is 0.132. The Morgan fingerprint density at radius 2 is 2.10 bits per heavy atom. The minimum atomic E-state index is -0.830. The lowest BCUT2D eigenvalue weighted by molar-refractivity contribution is -0.747. The maximum Gasteiger partial charge on any atom is 0.187 e. The number of rotatable bonds is 3. The van der Waals surface area contributed by atoms with Crippen LogP contribution in [-0.2, 0) is 0 Å². The van der Waals surface area contributed by atoms with Crippen LogP contribution in [0.25, 0.3) is 0 Å². The monoisotopic (exact) mass is 148 g/mol. The summed E-state index contributed by atoms with van der Waals surface area (Å²) in [5, 5.41) is 18.1. The molecule has 0 fully saturated rings. The molecule has 0 atom stereocenters. The van der Waals surface area contributed by atoms with E-state index in [-0.39, 0.29) is 5.17 Å². The first-order valence-electron chi connectivity index (χ1n) is 3.05. The zero-order valence-electron chi connectivity index (χ0n) is 6.37. The normalized spacial score (nSPS) is 11.2. The van der Waals surface area contributed by atoms with Gasteiger partial charge in [0.15, 0.2) is 5.03 Å². The summed E-state index contributed by atoms with van der Waals surface area (Å²) in [6.07, 6.45) is 0.518. The molecular formula is C5H12N2O3. The molecule has 0 bridgehead atoms. The number of hydrazine groups is 1. The second kappa shape index (κ2) is 2.83. The molecule has 0 unspecified atom stereocenters. The van der Waals surface area contributed by atoms with Crippen molar-refractivity contribution in [1.29, 1.82) is 0 Å². The average Bonchev–Trinajstić information content (AvgIpc) is 1.86. The van der Waals surface area contributed by atoms with Crippen molar-refractivity contribution in [3.63, 3.8) is 0 Å². The largest absolute Gasteiger partial charge is 0.236 e. The first-order chi connectivity index (χ1) is 4.41. The van der Waals surface area contributed by atoms with Gasteiger partial charge in [-0.1, -0.05) is 6.92 Å². The molecule has 1 N–H and O–H groups in total. The summed E-state index contributed by atoms with van der Waals surface area (Å²) in [6.45, 7) is 4.96. The molecule has 0 heterocycles. The first-order valence-corrected chi connectivity index (χ1v) is 3.05. The van der Waals surface area contributed by atoms with Crippen molar-refractivity contribution < 1.29 is 10.2 Å². The molecule has 0 aliphatic heterocycles. The van der Waals surface area contributed by atoms with Gasteiger partial charge in [0.1, 0.15) is 5.54 Å². The van der Waals surface area contributed by atoms with E-state index >= 15 is 0 Å². The van der Waals surface area contributed by atoms with E-state index in [1.807, 2.05) is 0 Å². The van der Waals surface area contributed by atoms with E-state index < -0.39 is 10.6 Å². The third-order valence-corrected chi connectivity index (χ3v) is 1.56. The van der Waals surface area contributed by atoms with Crippen molar-refractivity contribution in [2.75, 3.05) is 0 Å². The summed E-state index contributed by atoms with van der Waals surface area (Å²) in [5.74, 6) is 0. The minimum Gasteiger partial charge on any atom is -0.236 e. The lowest BCUT2D eigenvalue weighted by atomic mass is 10.0. The molecule has 0 rings (SSSR count). The molecule has 0 aliphatic rings. The van der Waals surface area contributed by atoms with E-state index in [2.05, 4.69) is 0 Å². The van der Waals surface area contributed by atoms with Gasteiger partial charge in [-0.3, -0.25) is 0 Å². The van der Waals surface area contributed by atoms with Crippen LogP contribution in [0.15, 0.2) is 0 Å². The molecule has 5 nitrogen and oxygen atoms in total. The Balaban J connectivity index is 4.17. The molecule has 0 aliphatic carbocycles. The predicted molar refractivity (Wildman–Crippen MR) is 35.0 cm³/mol. The van der Waals surface area contributed by atoms with Gasteiger partial charge >= 0.3 is 0 Å². The van der Waals surface area contributed by atoms with Crippen molar-refractivity contribution >= 4 is 0 Å². The van der Waals surface area contributed by atoms with Gasteiger partial charge in [0.25, 0.3) is 0 Å². The topological polar surface area (TPSA) is 66.6 Å². The van der Waals surface area contributed by atoms with Crippen LogP contribution >= 0.6 is 0 Å². The van der Waals surface area contributed by atoms with Crippen molar-refractivity contribution in [2.24, 2.45) is 0 Å². The molecule has 60 valence electrons. The number of hydrogen-bond acceptors (Lipinski definition) is 3. The zero-order chi connectivity index (χ0) is 8.36. The van der Waals surface area contributed by atoms with Gasteiger partial charge in [-0.15, -0.1) is 0 Å². The van der Waals surface area contributed by atoms with Gasteiger partial charge in [0.05, 0.1) is 0 Å². The molecule has 0 aromatic heterocycles. The quantitative estimate of drug-likeness (QED) is 0.480. The summed E-state index contributed by atoms with van der Waals surface area (Å²) in [6, 6.07) is 0. The van der Waals surface area contributed by atoms with Crippen molar-refractivity contribution in [1.82, 2.24) is 5.17 Å². The van der Waals surface area contributed by atoms with Crippen LogP contribution in [0.2, 0.25) is 0 Å². The summed E-state index contributed by atoms with van der Waals surface area (Å²) in [5.41, 5.74) is -0.788. The maximum atomic E-state index is 9.99. The predicted octanol–water partition coefficient (Wildman–Crippen LogP) is 1.06. The van der Waals surface area contributed by atoms with E-state index in [9.17, 15) is 10.1 Å². The Labute approximate surface area is 59.3 Å². The molecule has 0 spiro atoms. The fourth-order valence-corrected chi connectivity index (χ4v) is 0.362. The highest BCUT2D eigenvalue weighted by Gasteiger charge is 2.31. The molecule has 10 heavy (non-hydrogen) atoms. The van der Waals surface area contributed by atoms with Crippen molar-refractivity contribution in [2.45, 2.75) is 32.7 Å². The Morgan fingerprint density at radius 3 is 2.20 bits per heavy atom. The van der Waals surface area contributed by atoms with E-state index in [0.717, 1.165) is 0 Å². The second-order valence-corrected chi connectivity index (χ2v) is 2.69. The van der Waals surface area contributed by atoms with Gasteiger partial charge in [0.2, 0.25) is 0 Å². The highest BCUT2D eigenvalue weighted by Crippen LogP contribution is 2.14. The fourth-order valence-electron chi connectivity index (χ4n) is 0.362. The van der Waals surface area contributed by atoms with Gasteiger partial charge in [-0.25, -0.2) is 15.3 Å². The third kappa shape index (κ3) is 1.84. The van der Waals surface area contributed by atoms with Crippen LogP contribution in [0.3, 0.4) is 0 Å². The van der Waals surface area contributed by atoms with Gasteiger partial charge < -0.3 is 0 Å². The Hall–Kier alpha value is -0.840. The molecule has 0 aromatic rings. The molecular weight excluding hydrogens is 136 g/mol. The lowest BCUT2D eigenvalue weighted by Gasteiger charge is -2.23. The molecule has 5 heteroatoms. The third-order valence-electron chi connectivity index (χ3n) is 1.56. The molecule has 0 aromatic carbocycles. The van der Waals surface area contributed by atoms with E-state index in [4.69, 9.17) is 5.21 Å². The smallest absolute Gasteiger partial charge is 0.187 e. The van der Waals surface area contributed by atoms with Crippen molar-refractivity contribution in [3.05, 3.63) is 10.1 Å². The summed E-state index contributed by atoms with van der Waals surface area (Å²) in [7, 11) is 0. The van der Waals surface area contributed by atoms with E-state index in [1.54, 1.807) is 20.8 Å². The standard InChI is InChI=1S/C5H12N2O3/c1-4-5(2,3)6(8)7(9)10/h8H,4H2,1-3H3. The molecule has 0 saturated carbocycles. The van der Waals surface area contributed by atoms with Crippen LogP contribution < -0.4 is 0 Å². The van der Waals surface area contributed by atoms with Crippen molar-refractivity contribution in [3.8, 4) is 0 Å². The lowest BCUT2D eigenvalue weighted by Crippen LogP contribution is -2.44. The molecule has 0 saturated heterocycles. The van der Waals surface area contributed by atoms with Crippen LogP contribution in [-0.4, -0.2) is 21.0 Å². The van der Waals surface area contributed by atoms with Gasteiger partial charge in [0, 0.05) is 5.17 Å². The Morgan fingerprint density at radius 1 is 1.70 bits per heavy atom. The number of nitrogens with zero attached hydrogens (tertiary/aromatic N) is 2. The number of nitro groups is 1. The maximum absolute atomic E-state index is 9.99. The zero-order valence-corrected chi connectivity index (χ0v) is 6.37. The summed E-state index contributed by atoms with van der Waals surface area (Å²) < 4.78 is 0. The van der Waals surface area contributed by atoms with Crippen LogP contribution in [0.5, 0.6) is 0 Å². The van der Waals surface area contributed by atoms with Gasteiger partial charge in [-0.05, 0) is 20.3 Å². The number of hydroxylamine groups is 1. The number of hydrogen-bond donors (Lipinski definition) is 1. The van der Waals surface area contributed by atoms with E-state index in [0.29, 0.717) is 6.42 Å². The Kier molecular flexibility index (Phi) is 2.59. The SMILES string of the molecule is CCC(C)(C)N(O)[N+](=O)[O-]. The summed E-state index contributed by atoms with van der Waals surface area (Å²) >= 11 is 0. The second-order valence-electron chi connectivity index (χ2n) is 2.69. The Bertz CT molecular complexity index is 135. The highest BCUT2D eigenvalue weighted by atomic mass is 16.8. The molecule has 0 radical (unpaired) electrons.